The van der Waals surface area contributed by atoms with Gasteiger partial charge in [-0.25, -0.2) is 14.4 Å². The van der Waals surface area contributed by atoms with E-state index in [0.717, 1.165) is 30.9 Å². The molecular formula is C25H30N6O7S. The molecule has 0 unspecified atom stereocenters. The fourth-order valence-electron chi connectivity index (χ4n) is 3.09. The number of amides is 1. The van der Waals surface area contributed by atoms with Gasteiger partial charge in [0.25, 0.3) is 0 Å². The minimum atomic E-state index is -1.82. The van der Waals surface area contributed by atoms with Crippen LogP contribution in [-0.4, -0.2) is 91.7 Å². The summed E-state index contributed by atoms with van der Waals surface area (Å²) in [7, 11) is 4.07. The van der Waals surface area contributed by atoms with Crippen LogP contribution in [0.2, 0.25) is 0 Å². The molecule has 39 heavy (non-hydrogen) atoms. The first-order chi connectivity index (χ1) is 18.6. The number of thioether (sulfide) groups is 1. The molecule has 3 rings (SSSR count). The molecule has 0 aliphatic heterocycles. The molecule has 0 aliphatic carbocycles. The quantitative estimate of drug-likeness (QED) is 0.178. The van der Waals surface area contributed by atoms with Crippen molar-refractivity contribution >= 4 is 41.3 Å². The summed E-state index contributed by atoms with van der Waals surface area (Å²) >= 11 is 1.34. The summed E-state index contributed by atoms with van der Waals surface area (Å²) in [4.78, 5) is 48.7. The van der Waals surface area contributed by atoms with Crippen molar-refractivity contribution < 1.29 is 34.1 Å². The number of nitrogens with zero attached hydrogens (tertiary/aromatic N) is 5. The standard InChI is InChI=1S/C23H28N6O3S.C2H2O4/c1-4-32-22(31)18-6-8-19(9-7-18)25-20(30)16-33-23-27-26-21(17-10-12-24-13-11-17)29(23)15-5-14-28(2)3;3-1(4)2(5)6/h6-13H,4-5,14-16H2,1-3H3,(H,25,30);(H,3,4)(H,5,6). The number of benzene rings is 1. The molecule has 3 aromatic rings. The molecule has 0 saturated carbocycles. The zero-order valence-electron chi connectivity index (χ0n) is 21.7. The van der Waals surface area contributed by atoms with E-state index in [4.69, 9.17) is 24.5 Å². The Morgan fingerprint density at radius 2 is 1.64 bits per heavy atom. The number of hydrogen-bond donors (Lipinski definition) is 3. The highest BCUT2D eigenvalue weighted by Crippen LogP contribution is 2.24. The molecule has 0 fully saturated rings. The highest BCUT2D eigenvalue weighted by molar-refractivity contribution is 7.99. The Bertz CT molecular complexity index is 1240. The van der Waals surface area contributed by atoms with E-state index in [0.29, 0.717) is 23.0 Å². The fourth-order valence-corrected chi connectivity index (χ4v) is 3.85. The van der Waals surface area contributed by atoms with E-state index in [1.807, 2.05) is 30.8 Å². The summed E-state index contributed by atoms with van der Waals surface area (Å²) < 4.78 is 7.02. The number of pyridine rings is 1. The second kappa shape index (κ2) is 15.8. The maximum Gasteiger partial charge on any atom is 0.414 e. The number of ether oxygens (including phenoxy) is 1. The molecule has 0 saturated heterocycles. The highest BCUT2D eigenvalue weighted by atomic mass is 32.2. The van der Waals surface area contributed by atoms with Crippen LogP contribution in [0.25, 0.3) is 11.4 Å². The molecule has 14 heteroatoms. The van der Waals surface area contributed by atoms with Crippen LogP contribution in [0.3, 0.4) is 0 Å². The average Bonchev–Trinajstić information content (AvgIpc) is 3.31. The number of hydrogen-bond acceptors (Lipinski definition) is 10. The number of anilines is 1. The van der Waals surface area contributed by atoms with Crippen molar-refractivity contribution in [2.75, 3.05) is 38.3 Å². The third-order valence-corrected chi connectivity index (χ3v) is 5.80. The van der Waals surface area contributed by atoms with Gasteiger partial charge in [0.2, 0.25) is 5.91 Å². The van der Waals surface area contributed by atoms with Gasteiger partial charge in [-0.05, 0) is 70.4 Å². The maximum atomic E-state index is 12.5. The molecule has 0 bridgehead atoms. The van der Waals surface area contributed by atoms with Crippen LogP contribution in [0, 0.1) is 0 Å². The average molecular weight is 559 g/mol. The van der Waals surface area contributed by atoms with Crippen molar-refractivity contribution in [2.45, 2.75) is 25.0 Å². The van der Waals surface area contributed by atoms with Gasteiger partial charge < -0.3 is 29.7 Å². The normalized spacial score (nSPS) is 10.4. The predicted octanol–water partition coefficient (Wildman–Crippen LogP) is 2.35. The topological polar surface area (TPSA) is 177 Å². The zero-order chi connectivity index (χ0) is 28.8. The molecule has 0 aliphatic rings. The first-order valence-electron chi connectivity index (χ1n) is 11.8. The van der Waals surface area contributed by atoms with Crippen LogP contribution in [0.1, 0.15) is 23.7 Å². The van der Waals surface area contributed by atoms with Crippen LogP contribution < -0.4 is 5.32 Å². The molecule has 0 atom stereocenters. The number of aromatic nitrogens is 4. The van der Waals surface area contributed by atoms with Gasteiger partial charge in [0.05, 0.1) is 17.9 Å². The Morgan fingerprint density at radius 3 is 2.21 bits per heavy atom. The van der Waals surface area contributed by atoms with Crippen molar-refractivity contribution in [3.8, 4) is 11.4 Å². The van der Waals surface area contributed by atoms with E-state index in [9.17, 15) is 9.59 Å². The number of rotatable bonds is 11. The van der Waals surface area contributed by atoms with Gasteiger partial charge in [-0.1, -0.05) is 11.8 Å². The van der Waals surface area contributed by atoms with Crippen LogP contribution in [0.4, 0.5) is 5.69 Å². The van der Waals surface area contributed by atoms with Crippen LogP contribution in [0.5, 0.6) is 0 Å². The van der Waals surface area contributed by atoms with Gasteiger partial charge in [-0.3, -0.25) is 9.78 Å². The summed E-state index contributed by atoms with van der Waals surface area (Å²) in [6, 6.07) is 10.4. The van der Waals surface area contributed by atoms with Crippen LogP contribution >= 0.6 is 11.8 Å². The van der Waals surface area contributed by atoms with Crippen molar-refractivity contribution in [2.24, 2.45) is 0 Å². The third-order valence-electron chi connectivity index (χ3n) is 4.84. The van der Waals surface area contributed by atoms with E-state index in [1.54, 1.807) is 43.6 Å². The molecule has 13 nitrogen and oxygen atoms in total. The maximum absolute atomic E-state index is 12.5. The number of nitrogens with one attached hydrogen (secondary N) is 1. The largest absolute Gasteiger partial charge is 0.473 e. The number of carboxylic acids is 2. The zero-order valence-corrected chi connectivity index (χ0v) is 22.6. The Balaban J connectivity index is 0.000000798. The van der Waals surface area contributed by atoms with Crippen LogP contribution in [-0.2, 0) is 25.7 Å². The second-order valence-electron chi connectivity index (χ2n) is 8.10. The van der Waals surface area contributed by atoms with Crippen molar-refractivity contribution in [3.63, 3.8) is 0 Å². The Morgan fingerprint density at radius 1 is 1.00 bits per heavy atom. The van der Waals surface area contributed by atoms with Crippen molar-refractivity contribution in [1.29, 1.82) is 0 Å². The number of aliphatic carboxylic acids is 2. The molecule has 2 aromatic heterocycles. The van der Waals surface area contributed by atoms with E-state index < -0.39 is 11.9 Å². The smallest absolute Gasteiger partial charge is 0.414 e. The Kier molecular flexibility index (Phi) is 12.6. The Hall–Kier alpha value is -4.30. The van der Waals surface area contributed by atoms with Gasteiger partial charge in [0, 0.05) is 30.2 Å². The number of carbonyl (C=O) groups excluding carboxylic acids is 2. The van der Waals surface area contributed by atoms with Crippen LogP contribution in [0.15, 0.2) is 53.9 Å². The summed E-state index contributed by atoms with van der Waals surface area (Å²) in [5, 5.41) is 27.0. The monoisotopic (exact) mass is 558 g/mol. The molecule has 2 heterocycles. The molecule has 3 N–H and O–H groups in total. The van der Waals surface area contributed by atoms with E-state index in [-0.39, 0.29) is 17.6 Å². The lowest BCUT2D eigenvalue weighted by molar-refractivity contribution is -0.159. The fraction of sp³-hybridized carbons (Fsp3) is 0.320. The Labute approximate surface area is 229 Å². The van der Waals surface area contributed by atoms with Gasteiger partial charge in [0.1, 0.15) is 0 Å². The molecule has 0 spiro atoms. The number of carbonyl (C=O) groups is 4. The van der Waals surface area contributed by atoms with Gasteiger partial charge in [0.15, 0.2) is 11.0 Å². The summed E-state index contributed by atoms with van der Waals surface area (Å²) in [6.07, 6.45) is 4.37. The predicted molar refractivity (Wildman–Crippen MR) is 143 cm³/mol. The summed E-state index contributed by atoms with van der Waals surface area (Å²) in [5.41, 5.74) is 1.98. The molecule has 0 radical (unpaired) electrons. The first kappa shape index (κ1) is 30.9. The minimum absolute atomic E-state index is 0.169. The van der Waals surface area contributed by atoms with Gasteiger partial charge >= 0.3 is 17.9 Å². The minimum Gasteiger partial charge on any atom is -0.473 e. The second-order valence-corrected chi connectivity index (χ2v) is 9.04. The van der Waals surface area contributed by atoms with Gasteiger partial charge in [-0.15, -0.1) is 10.2 Å². The molecule has 1 amide bonds. The summed E-state index contributed by atoms with van der Waals surface area (Å²) in [6.45, 7) is 3.74. The molecule has 208 valence electrons. The van der Waals surface area contributed by atoms with Crippen molar-refractivity contribution in [1.82, 2.24) is 24.6 Å². The lowest BCUT2D eigenvalue weighted by Crippen LogP contribution is -2.17. The lowest BCUT2D eigenvalue weighted by atomic mass is 10.2. The lowest BCUT2D eigenvalue weighted by Gasteiger charge is -2.13. The van der Waals surface area contributed by atoms with Crippen molar-refractivity contribution in [3.05, 3.63) is 54.4 Å². The van der Waals surface area contributed by atoms with E-state index in [2.05, 4.69) is 25.4 Å². The highest BCUT2D eigenvalue weighted by Gasteiger charge is 2.16. The number of carboxylic acid groups (broad SMARTS) is 2. The molecule has 1 aromatic carbocycles. The van der Waals surface area contributed by atoms with Gasteiger partial charge in [-0.2, -0.15) is 0 Å². The molecular weight excluding hydrogens is 528 g/mol. The first-order valence-corrected chi connectivity index (χ1v) is 12.7. The SMILES string of the molecule is CCOC(=O)c1ccc(NC(=O)CSc2nnc(-c3ccncc3)n2CCCN(C)C)cc1.O=C(O)C(=O)O. The summed E-state index contributed by atoms with van der Waals surface area (Å²) in [5.74, 6) is -3.26. The van der Waals surface area contributed by atoms with E-state index in [1.165, 1.54) is 11.8 Å². The third kappa shape index (κ3) is 10.5. The number of esters is 1. The van der Waals surface area contributed by atoms with E-state index >= 15 is 0 Å².